The summed E-state index contributed by atoms with van der Waals surface area (Å²) in [5.41, 5.74) is 0. The fraction of sp³-hybridized carbons (Fsp3) is 0.550. The third-order valence-corrected chi connectivity index (χ3v) is 2.91. The van der Waals surface area contributed by atoms with Gasteiger partial charge >= 0.3 is 5.97 Å². The van der Waals surface area contributed by atoms with E-state index in [-0.39, 0.29) is 6.42 Å². The molecule has 0 spiro atoms. The molecule has 0 aliphatic rings. The van der Waals surface area contributed by atoms with Crippen molar-refractivity contribution in [3.05, 3.63) is 0 Å². The van der Waals surface area contributed by atoms with E-state index in [0.717, 1.165) is 12.8 Å². The lowest BCUT2D eigenvalue weighted by Crippen LogP contribution is -2.00. The molecule has 23 heavy (non-hydrogen) atoms. The second-order valence-corrected chi connectivity index (χ2v) is 5.02. The van der Waals surface area contributed by atoms with Crippen molar-refractivity contribution in [3.8, 4) is 47.4 Å². The van der Waals surface area contributed by atoms with Gasteiger partial charge in [0.2, 0.25) is 0 Å². The lowest BCUT2D eigenvalue weighted by Gasteiger charge is -1.97. The quantitative estimate of drug-likeness (QED) is 0.535. The summed E-state index contributed by atoms with van der Waals surface area (Å²) in [5, 5.41) is 17.7. The monoisotopic (exact) mass is 312 g/mol. The van der Waals surface area contributed by atoms with Crippen molar-refractivity contribution in [1.82, 2.24) is 0 Å². The fourth-order valence-corrected chi connectivity index (χ4v) is 1.73. The van der Waals surface area contributed by atoms with Crippen LogP contribution in [-0.4, -0.2) is 22.3 Å². The SMILES string of the molecule is CCCCCCCCCC#CC#CC#CC(O)CC#CC(=O)O. The van der Waals surface area contributed by atoms with Gasteiger partial charge in [0.1, 0.15) is 6.10 Å². The van der Waals surface area contributed by atoms with Crippen LogP contribution in [0.2, 0.25) is 0 Å². The number of aliphatic hydroxyl groups excluding tert-OH is 1. The van der Waals surface area contributed by atoms with Crippen molar-refractivity contribution in [1.29, 1.82) is 0 Å². The van der Waals surface area contributed by atoms with Crippen molar-refractivity contribution in [2.45, 2.75) is 70.8 Å². The largest absolute Gasteiger partial charge is 0.472 e. The Morgan fingerprint density at radius 3 is 2.26 bits per heavy atom. The molecule has 122 valence electrons. The lowest BCUT2D eigenvalue weighted by atomic mass is 10.1. The van der Waals surface area contributed by atoms with Crippen LogP contribution >= 0.6 is 0 Å². The van der Waals surface area contributed by atoms with Crippen molar-refractivity contribution < 1.29 is 15.0 Å². The highest BCUT2D eigenvalue weighted by atomic mass is 16.4. The first kappa shape index (κ1) is 20.7. The van der Waals surface area contributed by atoms with Crippen molar-refractivity contribution in [3.63, 3.8) is 0 Å². The Morgan fingerprint density at radius 1 is 0.913 bits per heavy atom. The van der Waals surface area contributed by atoms with Crippen molar-refractivity contribution in [2.75, 3.05) is 0 Å². The molecule has 0 rings (SSSR count). The zero-order chi connectivity index (χ0) is 17.2. The topological polar surface area (TPSA) is 57.5 Å². The van der Waals surface area contributed by atoms with E-state index >= 15 is 0 Å². The van der Waals surface area contributed by atoms with Gasteiger partial charge in [0.25, 0.3) is 0 Å². The Kier molecular flexibility index (Phi) is 14.4. The fourth-order valence-electron chi connectivity index (χ4n) is 1.73. The predicted octanol–water partition coefficient (Wildman–Crippen LogP) is 2.98. The predicted molar refractivity (Wildman–Crippen MR) is 92.0 cm³/mol. The summed E-state index contributed by atoms with van der Waals surface area (Å²) >= 11 is 0. The van der Waals surface area contributed by atoms with Gasteiger partial charge in [0.05, 0.1) is 0 Å². The molecule has 1 unspecified atom stereocenters. The van der Waals surface area contributed by atoms with E-state index in [1.165, 1.54) is 38.5 Å². The van der Waals surface area contributed by atoms with E-state index in [0.29, 0.717) is 0 Å². The molecule has 3 nitrogen and oxygen atoms in total. The van der Waals surface area contributed by atoms with Gasteiger partial charge in [0.15, 0.2) is 0 Å². The molecule has 0 saturated heterocycles. The molecule has 0 saturated carbocycles. The van der Waals surface area contributed by atoms with Gasteiger partial charge in [-0.2, -0.15) is 0 Å². The maximum atomic E-state index is 10.1. The minimum absolute atomic E-state index is 0.00901. The summed E-state index contributed by atoms with van der Waals surface area (Å²) in [6, 6.07) is 0. The third kappa shape index (κ3) is 17.6. The number of rotatable bonds is 8. The molecule has 0 aliphatic heterocycles. The minimum Gasteiger partial charge on any atom is -0.472 e. The number of carboxylic acid groups (broad SMARTS) is 1. The molecular formula is C20H24O3. The summed E-state index contributed by atoms with van der Waals surface area (Å²) in [7, 11) is 0. The first-order valence-corrected chi connectivity index (χ1v) is 8.05. The molecule has 2 N–H and O–H groups in total. The van der Waals surface area contributed by atoms with Crippen LogP contribution in [0.4, 0.5) is 0 Å². The molecule has 1 atom stereocenters. The maximum absolute atomic E-state index is 10.1. The van der Waals surface area contributed by atoms with Gasteiger partial charge in [-0.25, -0.2) is 4.79 Å². The normalized spacial score (nSPS) is 9.65. The number of carbonyl (C=O) groups is 1. The minimum atomic E-state index is -1.22. The van der Waals surface area contributed by atoms with Crippen LogP contribution < -0.4 is 0 Å². The zero-order valence-electron chi connectivity index (χ0n) is 13.7. The van der Waals surface area contributed by atoms with Crippen LogP contribution in [0.15, 0.2) is 0 Å². The standard InChI is InChI=1S/C20H24O3/c1-2-3-4-5-6-7-8-9-10-11-12-13-14-16-19(21)17-15-18-20(22)23/h19,21H,2-9,17H2,1H3,(H,22,23). The highest BCUT2D eigenvalue weighted by molar-refractivity contribution is 5.86. The van der Waals surface area contributed by atoms with E-state index in [9.17, 15) is 9.90 Å². The Labute approximate surface area is 139 Å². The molecule has 0 heterocycles. The summed E-state index contributed by atoms with van der Waals surface area (Å²) in [6.45, 7) is 2.22. The van der Waals surface area contributed by atoms with Crippen LogP contribution in [0.5, 0.6) is 0 Å². The van der Waals surface area contributed by atoms with Gasteiger partial charge in [0, 0.05) is 18.8 Å². The molecule has 0 aromatic carbocycles. The first-order chi connectivity index (χ1) is 11.2. The van der Waals surface area contributed by atoms with Crippen LogP contribution in [0.1, 0.15) is 64.7 Å². The Morgan fingerprint density at radius 2 is 1.57 bits per heavy atom. The molecule has 0 aliphatic carbocycles. The first-order valence-electron chi connectivity index (χ1n) is 8.05. The van der Waals surface area contributed by atoms with E-state index in [1.807, 2.05) is 5.92 Å². The summed E-state index contributed by atoms with van der Waals surface area (Å²) < 4.78 is 0. The van der Waals surface area contributed by atoms with Crippen LogP contribution in [0, 0.1) is 47.4 Å². The number of hydrogen-bond donors (Lipinski definition) is 2. The highest BCUT2D eigenvalue weighted by Gasteiger charge is 1.94. The maximum Gasteiger partial charge on any atom is 0.381 e. The second-order valence-electron chi connectivity index (χ2n) is 5.02. The summed E-state index contributed by atoms with van der Waals surface area (Å²) in [5.74, 6) is 18.8. The number of aliphatic hydroxyl groups is 1. The highest BCUT2D eigenvalue weighted by Crippen LogP contribution is 2.07. The Hall–Kier alpha value is -2.33. The number of aliphatic carboxylic acids is 1. The molecule has 0 amide bonds. The van der Waals surface area contributed by atoms with Crippen LogP contribution in [0.3, 0.4) is 0 Å². The van der Waals surface area contributed by atoms with Gasteiger partial charge in [-0.15, -0.1) is 0 Å². The molecule has 0 radical (unpaired) electrons. The van der Waals surface area contributed by atoms with Crippen LogP contribution in [-0.2, 0) is 4.79 Å². The van der Waals surface area contributed by atoms with Gasteiger partial charge in [-0.1, -0.05) is 63.2 Å². The third-order valence-electron chi connectivity index (χ3n) is 2.91. The average molecular weight is 312 g/mol. The van der Waals surface area contributed by atoms with Gasteiger partial charge in [-0.3, -0.25) is 0 Å². The molecule has 0 bridgehead atoms. The van der Waals surface area contributed by atoms with Crippen LogP contribution in [0.25, 0.3) is 0 Å². The van der Waals surface area contributed by atoms with E-state index in [1.54, 1.807) is 0 Å². The lowest BCUT2D eigenvalue weighted by molar-refractivity contribution is -0.130. The van der Waals surface area contributed by atoms with Crippen molar-refractivity contribution in [2.24, 2.45) is 0 Å². The molecule has 0 fully saturated rings. The van der Waals surface area contributed by atoms with E-state index in [2.05, 4.69) is 48.4 Å². The smallest absolute Gasteiger partial charge is 0.381 e. The Bertz CT molecular complexity index is 573. The zero-order valence-corrected chi connectivity index (χ0v) is 13.7. The number of unbranched alkanes of at least 4 members (excludes halogenated alkanes) is 7. The van der Waals surface area contributed by atoms with Crippen molar-refractivity contribution >= 4 is 5.97 Å². The molecule has 0 aromatic rings. The number of carboxylic acids is 1. The van der Waals surface area contributed by atoms with E-state index in [4.69, 9.17) is 5.11 Å². The van der Waals surface area contributed by atoms with E-state index < -0.39 is 12.1 Å². The summed E-state index contributed by atoms with van der Waals surface area (Å²) in [4.78, 5) is 10.1. The van der Waals surface area contributed by atoms with Gasteiger partial charge in [-0.05, 0) is 30.1 Å². The molecular weight excluding hydrogens is 288 g/mol. The molecule has 3 heteroatoms. The average Bonchev–Trinajstić information content (AvgIpc) is 2.51. The molecule has 0 aromatic heterocycles. The summed E-state index contributed by atoms with van der Waals surface area (Å²) in [6.07, 6.45) is 8.71. The number of hydrogen-bond acceptors (Lipinski definition) is 2. The second kappa shape index (κ2) is 16.0. The Balaban J connectivity index is 3.76. The van der Waals surface area contributed by atoms with Gasteiger partial charge < -0.3 is 10.2 Å².